The molecule has 1 amide bonds. The lowest BCUT2D eigenvalue weighted by Gasteiger charge is -2.12. The van der Waals surface area contributed by atoms with Crippen molar-refractivity contribution in [1.29, 1.82) is 5.26 Å². The van der Waals surface area contributed by atoms with Crippen molar-refractivity contribution in [2.45, 2.75) is 12.5 Å². The molecule has 0 saturated carbocycles. The number of aromatic nitrogens is 1. The Bertz CT molecular complexity index is 466. The number of nitrogens with one attached hydrogen (secondary N) is 1. The molecule has 1 aliphatic rings. The van der Waals surface area contributed by atoms with Gasteiger partial charge in [-0.1, -0.05) is 0 Å². The molecule has 5 heteroatoms. The molecule has 0 aliphatic carbocycles. The van der Waals surface area contributed by atoms with Crippen LogP contribution >= 0.6 is 0 Å². The number of likely N-dealkylation sites (N-methyl/N-ethyl adjacent to an activating group) is 1. The van der Waals surface area contributed by atoms with Crippen molar-refractivity contribution in [1.82, 2.24) is 15.2 Å². The van der Waals surface area contributed by atoms with E-state index in [1.54, 1.807) is 6.07 Å². The van der Waals surface area contributed by atoms with Gasteiger partial charge in [0, 0.05) is 25.0 Å². The minimum absolute atomic E-state index is 0.157. The fourth-order valence-electron chi connectivity index (χ4n) is 1.95. The number of likely N-dealkylation sites (tertiary alicyclic amines) is 1. The highest BCUT2D eigenvalue weighted by atomic mass is 16.1. The lowest BCUT2D eigenvalue weighted by atomic mass is 10.2. The second-order valence-corrected chi connectivity index (χ2v) is 4.30. The van der Waals surface area contributed by atoms with Gasteiger partial charge in [-0.15, -0.1) is 0 Å². The zero-order valence-corrected chi connectivity index (χ0v) is 9.68. The van der Waals surface area contributed by atoms with Crippen molar-refractivity contribution in [2.75, 3.05) is 20.1 Å². The molecule has 0 bridgehead atoms. The average Bonchev–Trinajstić information content (AvgIpc) is 2.75. The van der Waals surface area contributed by atoms with E-state index in [2.05, 4.69) is 15.2 Å². The largest absolute Gasteiger partial charge is 0.348 e. The third-order valence-corrected chi connectivity index (χ3v) is 2.86. The Morgan fingerprint density at radius 3 is 3.12 bits per heavy atom. The summed E-state index contributed by atoms with van der Waals surface area (Å²) in [5, 5.41) is 11.7. The van der Waals surface area contributed by atoms with E-state index in [9.17, 15) is 4.79 Å². The summed E-state index contributed by atoms with van der Waals surface area (Å²) in [6.45, 7) is 1.87. The summed E-state index contributed by atoms with van der Waals surface area (Å²) in [7, 11) is 2.03. The van der Waals surface area contributed by atoms with Gasteiger partial charge in [-0.05, 0) is 26.1 Å². The molecule has 0 radical (unpaired) electrons. The van der Waals surface area contributed by atoms with Gasteiger partial charge in [0.05, 0.1) is 11.1 Å². The lowest BCUT2D eigenvalue weighted by Crippen LogP contribution is -2.36. The third-order valence-electron chi connectivity index (χ3n) is 2.86. The van der Waals surface area contributed by atoms with Crippen LogP contribution in [0, 0.1) is 11.3 Å². The van der Waals surface area contributed by atoms with Gasteiger partial charge in [-0.25, -0.2) is 0 Å². The number of amides is 1. The van der Waals surface area contributed by atoms with Crippen LogP contribution in [0.2, 0.25) is 0 Å². The Morgan fingerprint density at radius 2 is 2.47 bits per heavy atom. The molecule has 1 fully saturated rings. The first kappa shape index (κ1) is 11.6. The van der Waals surface area contributed by atoms with Gasteiger partial charge in [0.2, 0.25) is 0 Å². The maximum atomic E-state index is 11.9. The van der Waals surface area contributed by atoms with Gasteiger partial charge in [-0.2, -0.15) is 5.26 Å². The number of nitriles is 1. The number of hydrogen-bond acceptors (Lipinski definition) is 4. The number of carbonyl (C=O) groups is 1. The lowest BCUT2D eigenvalue weighted by molar-refractivity contribution is 0.0938. The Balaban J connectivity index is 2.02. The molecule has 2 rings (SSSR count). The Labute approximate surface area is 100 Å². The van der Waals surface area contributed by atoms with Crippen molar-refractivity contribution in [3.63, 3.8) is 0 Å². The zero-order chi connectivity index (χ0) is 12.3. The van der Waals surface area contributed by atoms with E-state index in [1.165, 1.54) is 12.4 Å². The zero-order valence-electron chi connectivity index (χ0n) is 9.68. The van der Waals surface area contributed by atoms with Crippen LogP contribution in [0.25, 0.3) is 0 Å². The molecule has 17 heavy (non-hydrogen) atoms. The predicted octanol–water partition coefficient (Wildman–Crippen LogP) is 0.387. The smallest absolute Gasteiger partial charge is 0.253 e. The maximum Gasteiger partial charge on any atom is 0.253 e. The minimum Gasteiger partial charge on any atom is -0.348 e. The molecule has 88 valence electrons. The van der Waals surface area contributed by atoms with Gasteiger partial charge in [-0.3, -0.25) is 9.78 Å². The first-order chi connectivity index (χ1) is 8.19. The fourth-order valence-corrected chi connectivity index (χ4v) is 1.95. The first-order valence-corrected chi connectivity index (χ1v) is 5.53. The monoisotopic (exact) mass is 230 g/mol. The number of nitrogens with zero attached hydrogens (tertiary/aromatic N) is 3. The molecule has 1 unspecified atom stereocenters. The Kier molecular flexibility index (Phi) is 3.35. The second-order valence-electron chi connectivity index (χ2n) is 4.30. The Hall–Kier alpha value is -1.93. The minimum atomic E-state index is -0.157. The van der Waals surface area contributed by atoms with Crippen LogP contribution in [0.15, 0.2) is 18.5 Å². The number of hydrogen-bond donors (Lipinski definition) is 1. The molecule has 5 nitrogen and oxygen atoms in total. The van der Waals surface area contributed by atoms with Crippen LogP contribution in [-0.4, -0.2) is 42.0 Å². The summed E-state index contributed by atoms with van der Waals surface area (Å²) in [4.78, 5) is 17.9. The van der Waals surface area contributed by atoms with Crippen molar-refractivity contribution in [3.8, 4) is 6.07 Å². The average molecular weight is 230 g/mol. The molecule has 1 N–H and O–H groups in total. The third kappa shape index (κ3) is 2.80. The number of pyridine rings is 1. The van der Waals surface area contributed by atoms with E-state index in [0.717, 1.165) is 19.5 Å². The van der Waals surface area contributed by atoms with Crippen LogP contribution in [-0.2, 0) is 0 Å². The first-order valence-electron chi connectivity index (χ1n) is 5.53. The highest BCUT2D eigenvalue weighted by Crippen LogP contribution is 2.08. The van der Waals surface area contributed by atoms with Gasteiger partial charge in [0.1, 0.15) is 6.07 Å². The van der Waals surface area contributed by atoms with E-state index in [0.29, 0.717) is 11.1 Å². The topological polar surface area (TPSA) is 69.0 Å². The highest BCUT2D eigenvalue weighted by Gasteiger charge is 2.21. The van der Waals surface area contributed by atoms with Crippen LogP contribution in [0.3, 0.4) is 0 Å². The summed E-state index contributed by atoms with van der Waals surface area (Å²) in [6.07, 6.45) is 3.89. The van der Waals surface area contributed by atoms with Crippen LogP contribution in [0.5, 0.6) is 0 Å². The highest BCUT2D eigenvalue weighted by molar-refractivity contribution is 5.94. The molecule has 1 aromatic heterocycles. The van der Waals surface area contributed by atoms with E-state index in [4.69, 9.17) is 5.26 Å². The van der Waals surface area contributed by atoms with Crippen molar-refractivity contribution in [2.24, 2.45) is 0 Å². The van der Waals surface area contributed by atoms with E-state index < -0.39 is 0 Å². The molecule has 2 heterocycles. The van der Waals surface area contributed by atoms with Gasteiger partial charge < -0.3 is 10.2 Å². The van der Waals surface area contributed by atoms with E-state index in [-0.39, 0.29) is 11.9 Å². The van der Waals surface area contributed by atoms with Gasteiger partial charge in [0.15, 0.2) is 0 Å². The molecule has 0 spiro atoms. The van der Waals surface area contributed by atoms with Crippen molar-refractivity contribution >= 4 is 5.91 Å². The van der Waals surface area contributed by atoms with Crippen molar-refractivity contribution < 1.29 is 4.79 Å². The van der Waals surface area contributed by atoms with Crippen LogP contribution in [0.4, 0.5) is 0 Å². The fraction of sp³-hybridized carbons (Fsp3) is 0.417. The van der Waals surface area contributed by atoms with Gasteiger partial charge >= 0.3 is 0 Å². The maximum absolute atomic E-state index is 11.9. The standard InChI is InChI=1S/C12H14N4O/c1-16-3-2-11(8-16)15-12(17)10-4-9(5-13)6-14-7-10/h4,6-7,11H,2-3,8H2,1H3,(H,15,17). The molecule has 1 aliphatic heterocycles. The van der Waals surface area contributed by atoms with Crippen LogP contribution in [0.1, 0.15) is 22.3 Å². The summed E-state index contributed by atoms with van der Waals surface area (Å²) < 4.78 is 0. The molecule has 1 aromatic rings. The van der Waals surface area contributed by atoms with Crippen molar-refractivity contribution in [3.05, 3.63) is 29.6 Å². The molecular weight excluding hydrogens is 216 g/mol. The van der Waals surface area contributed by atoms with Crippen LogP contribution < -0.4 is 5.32 Å². The SMILES string of the molecule is CN1CCC(NC(=O)c2cncc(C#N)c2)C1. The number of carbonyl (C=O) groups excluding carboxylic acids is 1. The summed E-state index contributed by atoms with van der Waals surface area (Å²) in [5.41, 5.74) is 0.847. The molecule has 1 atom stereocenters. The predicted molar refractivity (Wildman–Crippen MR) is 62.3 cm³/mol. The quantitative estimate of drug-likeness (QED) is 0.797. The van der Waals surface area contributed by atoms with Gasteiger partial charge in [0.25, 0.3) is 5.91 Å². The molecule has 1 saturated heterocycles. The number of rotatable bonds is 2. The summed E-state index contributed by atoms with van der Waals surface area (Å²) >= 11 is 0. The second kappa shape index (κ2) is 4.93. The Morgan fingerprint density at radius 1 is 1.65 bits per heavy atom. The summed E-state index contributed by atoms with van der Waals surface area (Å²) in [6, 6.07) is 3.72. The molecular formula is C12H14N4O. The normalized spacial score (nSPS) is 19.9. The van der Waals surface area contributed by atoms with E-state index >= 15 is 0 Å². The summed E-state index contributed by atoms with van der Waals surface area (Å²) in [5.74, 6) is -0.157. The van der Waals surface area contributed by atoms with E-state index in [1.807, 2.05) is 13.1 Å². The molecule has 0 aromatic carbocycles.